The smallest absolute Gasteiger partial charge is 0.305 e. The lowest BCUT2D eigenvalue weighted by atomic mass is 10.1. The maximum Gasteiger partial charge on any atom is 0.305 e. The van der Waals surface area contributed by atoms with Gasteiger partial charge in [0.2, 0.25) is 10.0 Å². The van der Waals surface area contributed by atoms with Crippen LogP contribution in [0.15, 0.2) is 76.5 Å². The molecule has 1 amide bonds. The van der Waals surface area contributed by atoms with Crippen molar-refractivity contribution >= 4 is 55.6 Å². The summed E-state index contributed by atoms with van der Waals surface area (Å²) in [6, 6.07) is 19.7. The number of amides is 1. The van der Waals surface area contributed by atoms with Crippen LogP contribution in [0, 0.1) is 6.92 Å². The zero-order valence-corrected chi connectivity index (χ0v) is 32.0. The zero-order chi connectivity index (χ0) is 38.4. The van der Waals surface area contributed by atoms with Crippen LogP contribution in [0.2, 0.25) is 0 Å². The number of aromatic nitrogens is 2. The number of hydrogen-bond acceptors (Lipinski definition) is 10. The summed E-state index contributed by atoms with van der Waals surface area (Å²) in [6.07, 6.45) is 5.40. The van der Waals surface area contributed by atoms with Crippen molar-refractivity contribution in [3.8, 4) is 5.75 Å². The van der Waals surface area contributed by atoms with E-state index in [-0.39, 0.29) is 29.6 Å². The first-order chi connectivity index (χ1) is 25.4. The first-order valence-electron chi connectivity index (χ1n) is 17.9. The molecule has 4 aromatic rings. The lowest BCUT2D eigenvalue weighted by Gasteiger charge is -2.24. The van der Waals surface area contributed by atoms with Crippen molar-refractivity contribution in [3.05, 3.63) is 88.5 Å². The number of aryl methyl sites for hydroxylation is 1. The molecule has 13 nitrogen and oxygen atoms in total. The fourth-order valence-corrected chi connectivity index (χ4v) is 6.37. The van der Waals surface area contributed by atoms with Crippen LogP contribution in [0.3, 0.4) is 0 Å². The van der Waals surface area contributed by atoms with E-state index in [9.17, 15) is 22.8 Å². The lowest BCUT2D eigenvalue weighted by molar-refractivity contribution is -0.143. The molecule has 0 aliphatic carbocycles. The standard InChI is InChI=1S/C39H50N6O7S/c1-6-44(26-24-40-53(5,49)50)29-22-23-31(28(3)27-29)41-36(38(47)43-33-19-14-15-20-34(33)51-4)37-42-32-18-13-12-17-30(32)39(48)45(37)25-16-10-8-9-11-21-35(46)52-7-2/h12-15,17-20,22-23,27,40H,6-11,16,21,24-26H2,1-5H3,(H,43,47)/b41-36+. The van der Waals surface area contributed by atoms with E-state index in [0.717, 1.165) is 43.2 Å². The van der Waals surface area contributed by atoms with Crippen LogP contribution in [0.4, 0.5) is 17.1 Å². The number of unbranched alkanes of at least 4 members (excludes halogenated alkanes) is 4. The largest absolute Gasteiger partial charge is 0.495 e. The molecule has 0 saturated carbocycles. The summed E-state index contributed by atoms with van der Waals surface area (Å²) in [5.41, 5.74) is 2.67. The number of hydrogen-bond donors (Lipinski definition) is 2. The summed E-state index contributed by atoms with van der Waals surface area (Å²) in [5.74, 6) is -0.181. The number of anilines is 2. The van der Waals surface area contributed by atoms with E-state index in [0.29, 0.717) is 67.1 Å². The molecular formula is C39H50N6O7S. The molecule has 1 heterocycles. The molecule has 284 valence electrons. The van der Waals surface area contributed by atoms with Crippen molar-refractivity contribution in [2.45, 2.75) is 65.8 Å². The molecule has 2 N–H and O–H groups in total. The fourth-order valence-electron chi connectivity index (χ4n) is 5.91. The molecule has 1 aromatic heterocycles. The first-order valence-corrected chi connectivity index (χ1v) is 19.8. The molecule has 0 saturated heterocycles. The minimum atomic E-state index is -3.32. The van der Waals surface area contributed by atoms with E-state index in [4.69, 9.17) is 19.5 Å². The van der Waals surface area contributed by atoms with E-state index >= 15 is 0 Å². The van der Waals surface area contributed by atoms with E-state index in [1.807, 2.05) is 30.9 Å². The van der Waals surface area contributed by atoms with E-state index in [2.05, 4.69) is 10.0 Å². The number of methoxy groups -OCH3 is 1. The van der Waals surface area contributed by atoms with Crippen LogP contribution in [0.25, 0.3) is 10.9 Å². The number of nitrogens with one attached hydrogen (secondary N) is 2. The summed E-state index contributed by atoms with van der Waals surface area (Å²) in [6.45, 7) is 7.66. The second kappa shape index (κ2) is 19.7. The van der Waals surface area contributed by atoms with Gasteiger partial charge in [-0.05, 0) is 81.6 Å². The highest BCUT2D eigenvalue weighted by molar-refractivity contribution is 7.88. The van der Waals surface area contributed by atoms with Crippen molar-refractivity contribution in [2.24, 2.45) is 4.99 Å². The third-order valence-electron chi connectivity index (χ3n) is 8.62. The number of benzene rings is 3. The van der Waals surface area contributed by atoms with Gasteiger partial charge in [-0.1, -0.05) is 43.5 Å². The zero-order valence-electron chi connectivity index (χ0n) is 31.2. The molecule has 53 heavy (non-hydrogen) atoms. The Labute approximate surface area is 311 Å². The number of carbonyl (C=O) groups excluding carboxylic acids is 2. The van der Waals surface area contributed by atoms with Gasteiger partial charge < -0.3 is 19.7 Å². The number of sulfonamides is 1. The Morgan fingerprint density at radius 2 is 1.68 bits per heavy atom. The molecule has 0 fully saturated rings. The monoisotopic (exact) mass is 746 g/mol. The number of para-hydroxylation sites is 3. The number of aliphatic imine (C=N–C) groups is 1. The van der Waals surface area contributed by atoms with Gasteiger partial charge in [-0.3, -0.25) is 19.0 Å². The van der Waals surface area contributed by atoms with Crippen molar-refractivity contribution in [1.29, 1.82) is 0 Å². The molecule has 0 radical (unpaired) electrons. The molecule has 4 rings (SSSR count). The maximum absolute atomic E-state index is 14.3. The quantitative estimate of drug-likeness (QED) is 0.0652. The van der Waals surface area contributed by atoms with Crippen molar-refractivity contribution in [3.63, 3.8) is 0 Å². The van der Waals surface area contributed by atoms with Gasteiger partial charge in [0, 0.05) is 38.3 Å². The van der Waals surface area contributed by atoms with Crippen molar-refractivity contribution in [1.82, 2.24) is 14.3 Å². The molecule has 14 heteroatoms. The minimum absolute atomic E-state index is 0.0475. The minimum Gasteiger partial charge on any atom is -0.495 e. The molecule has 0 unspecified atom stereocenters. The Kier molecular flexibility index (Phi) is 15.1. The van der Waals surface area contributed by atoms with Gasteiger partial charge in [0.05, 0.1) is 42.3 Å². The highest BCUT2D eigenvalue weighted by Crippen LogP contribution is 2.27. The molecule has 0 atom stereocenters. The van der Waals surface area contributed by atoms with Crippen LogP contribution in [-0.4, -0.2) is 75.2 Å². The Bertz CT molecular complexity index is 2080. The Morgan fingerprint density at radius 1 is 0.962 bits per heavy atom. The molecule has 3 aromatic carbocycles. The highest BCUT2D eigenvalue weighted by atomic mass is 32.2. The molecule has 0 spiro atoms. The van der Waals surface area contributed by atoms with Crippen LogP contribution in [-0.2, 0) is 30.9 Å². The Hall–Kier alpha value is -5.08. The maximum atomic E-state index is 14.3. The number of carbonyl (C=O) groups is 2. The first kappa shape index (κ1) is 40.7. The second-order valence-corrected chi connectivity index (χ2v) is 14.4. The summed E-state index contributed by atoms with van der Waals surface area (Å²) in [4.78, 5) is 51.9. The second-order valence-electron chi connectivity index (χ2n) is 12.6. The van der Waals surface area contributed by atoms with Crippen molar-refractivity contribution < 1.29 is 27.5 Å². The molecule has 0 aliphatic heterocycles. The number of likely N-dealkylation sites (N-methyl/N-ethyl adjacent to an activating group) is 1. The molecule has 0 aliphatic rings. The van der Waals surface area contributed by atoms with Gasteiger partial charge in [-0.15, -0.1) is 0 Å². The average molecular weight is 747 g/mol. The number of fused-ring (bicyclic) bond motifs is 1. The number of rotatable bonds is 20. The number of esters is 1. The van der Waals surface area contributed by atoms with E-state index in [1.165, 1.54) is 11.7 Å². The lowest BCUT2D eigenvalue weighted by Crippen LogP contribution is -2.34. The third kappa shape index (κ3) is 11.7. The fraction of sp³-hybridized carbons (Fsp3) is 0.410. The normalized spacial score (nSPS) is 11.8. The number of ether oxygens (including phenoxy) is 2. The van der Waals surface area contributed by atoms with Crippen LogP contribution < -0.4 is 25.2 Å². The topological polar surface area (TPSA) is 161 Å². The van der Waals surface area contributed by atoms with Gasteiger partial charge >= 0.3 is 5.97 Å². The summed E-state index contributed by atoms with van der Waals surface area (Å²) < 4.78 is 37.8. The number of nitrogens with zero attached hydrogens (tertiary/aromatic N) is 4. The van der Waals surface area contributed by atoms with Crippen LogP contribution >= 0.6 is 0 Å². The van der Waals surface area contributed by atoms with E-state index in [1.54, 1.807) is 61.5 Å². The summed E-state index contributed by atoms with van der Waals surface area (Å²) >= 11 is 0. The Morgan fingerprint density at radius 3 is 2.40 bits per heavy atom. The van der Waals surface area contributed by atoms with Crippen LogP contribution in [0.5, 0.6) is 5.75 Å². The SMILES string of the molecule is CCOC(=O)CCCCCCCn1c(/C(=N\c2ccc(N(CC)CCNS(C)(=O)=O)cc2C)C(=O)Nc2ccccc2OC)nc2ccccc2c1=O. The summed E-state index contributed by atoms with van der Waals surface area (Å²) in [5, 5.41) is 3.36. The summed E-state index contributed by atoms with van der Waals surface area (Å²) in [7, 11) is -1.81. The highest BCUT2D eigenvalue weighted by Gasteiger charge is 2.24. The van der Waals surface area contributed by atoms with Gasteiger partial charge in [-0.2, -0.15) is 0 Å². The van der Waals surface area contributed by atoms with Crippen LogP contribution in [0.1, 0.15) is 63.8 Å². The molecule has 0 bridgehead atoms. The predicted molar refractivity (Wildman–Crippen MR) is 210 cm³/mol. The average Bonchev–Trinajstić information content (AvgIpc) is 3.13. The Balaban J connectivity index is 1.73. The van der Waals surface area contributed by atoms with E-state index < -0.39 is 15.9 Å². The van der Waals surface area contributed by atoms with Gasteiger partial charge in [0.1, 0.15) is 5.75 Å². The predicted octanol–water partition coefficient (Wildman–Crippen LogP) is 5.75. The molecular weight excluding hydrogens is 697 g/mol. The third-order valence-corrected chi connectivity index (χ3v) is 9.35. The van der Waals surface area contributed by atoms with Crippen molar-refractivity contribution in [2.75, 3.05) is 49.8 Å². The van der Waals surface area contributed by atoms with Gasteiger partial charge in [-0.25, -0.2) is 23.1 Å². The van der Waals surface area contributed by atoms with Gasteiger partial charge in [0.15, 0.2) is 11.5 Å². The van der Waals surface area contributed by atoms with Gasteiger partial charge in [0.25, 0.3) is 11.5 Å².